The fraction of sp³-hybridized carbons (Fsp3) is 0.0769. The molecular formula is C13H8F3N3O3. The Morgan fingerprint density at radius 2 is 1.86 bits per heavy atom. The first-order chi connectivity index (χ1) is 10.3. The van der Waals surface area contributed by atoms with Gasteiger partial charge in [-0.05, 0) is 18.2 Å². The van der Waals surface area contributed by atoms with E-state index < -0.39 is 23.6 Å². The number of alkyl halides is 3. The van der Waals surface area contributed by atoms with Gasteiger partial charge in [-0.25, -0.2) is 4.79 Å². The van der Waals surface area contributed by atoms with Crippen LogP contribution in [0.4, 0.5) is 18.9 Å². The Morgan fingerprint density at radius 3 is 2.41 bits per heavy atom. The summed E-state index contributed by atoms with van der Waals surface area (Å²) in [5.41, 5.74) is -1.40. The van der Waals surface area contributed by atoms with Crippen LogP contribution in [0.25, 0.3) is 0 Å². The number of amides is 1. The monoisotopic (exact) mass is 311 g/mol. The molecule has 0 bridgehead atoms. The molecule has 6 nitrogen and oxygen atoms in total. The summed E-state index contributed by atoms with van der Waals surface area (Å²) in [6, 6.07) is 3.05. The van der Waals surface area contributed by atoms with Crippen LogP contribution in [0.15, 0.2) is 36.8 Å². The SMILES string of the molecule is O=C(O)c1ccc(C(=O)Nc2cncc(C(F)(F)F)c2)nc1. The maximum atomic E-state index is 12.5. The maximum Gasteiger partial charge on any atom is 0.417 e. The number of halogens is 3. The van der Waals surface area contributed by atoms with Crippen molar-refractivity contribution in [2.75, 3.05) is 5.32 Å². The summed E-state index contributed by atoms with van der Waals surface area (Å²) in [4.78, 5) is 29.5. The van der Waals surface area contributed by atoms with E-state index in [0.29, 0.717) is 6.20 Å². The van der Waals surface area contributed by atoms with Gasteiger partial charge in [0.1, 0.15) is 5.69 Å². The second-order valence-electron chi connectivity index (χ2n) is 4.15. The summed E-state index contributed by atoms with van der Waals surface area (Å²) < 4.78 is 37.6. The highest BCUT2D eigenvalue weighted by Crippen LogP contribution is 2.29. The number of nitrogens with zero attached hydrogens (tertiary/aromatic N) is 2. The van der Waals surface area contributed by atoms with E-state index in [1.54, 1.807) is 0 Å². The molecule has 0 aliphatic carbocycles. The number of pyridine rings is 2. The van der Waals surface area contributed by atoms with Crippen molar-refractivity contribution in [1.82, 2.24) is 9.97 Å². The zero-order valence-electron chi connectivity index (χ0n) is 10.8. The van der Waals surface area contributed by atoms with Crippen molar-refractivity contribution in [2.45, 2.75) is 6.18 Å². The van der Waals surface area contributed by atoms with Gasteiger partial charge in [-0.2, -0.15) is 13.2 Å². The third-order valence-electron chi connectivity index (χ3n) is 2.57. The third kappa shape index (κ3) is 3.57. The second kappa shape index (κ2) is 5.80. The maximum absolute atomic E-state index is 12.5. The lowest BCUT2D eigenvalue weighted by Gasteiger charge is -2.09. The van der Waals surface area contributed by atoms with Crippen LogP contribution in [-0.4, -0.2) is 27.0 Å². The van der Waals surface area contributed by atoms with Crippen molar-refractivity contribution in [3.63, 3.8) is 0 Å². The van der Waals surface area contributed by atoms with Gasteiger partial charge in [0.15, 0.2) is 0 Å². The highest BCUT2D eigenvalue weighted by Gasteiger charge is 2.31. The van der Waals surface area contributed by atoms with Gasteiger partial charge in [-0.15, -0.1) is 0 Å². The number of nitrogens with one attached hydrogen (secondary N) is 1. The number of carboxylic acid groups (broad SMARTS) is 1. The first-order valence-corrected chi connectivity index (χ1v) is 5.80. The molecule has 0 unspecified atom stereocenters. The Kier molecular flexibility index (Phi) is 4.06. The van der Waals surface area contributed by atoms with Crippen LogP contribution in [0.3, 0.4) is 0 Å². The van der Waals surface area contributed by atoms with E-state index in [4.69, 9.17) is 5.11 Å². The fourth-order valence-electron chi connectivity index (χ4n) is 1.51. The summed E-state index contributed by atoms with van der Waals surface area (Å²) in [7, 11) is 0. The third-order valence-corrected chi connectivity index (χ3v) is 2.57. The van der Waals surface area contributed by atoms with Gasteiger partial charge in [-0.1, -0.05) is 0 Å². The molecule has 0 aliphatic heterocycles. The minimum atomic E-state index is -4.57. The molecule has 114 valence electrons. The van der Waals surface area contributed by atoms with Crippen LogP contribution in [0.5, 0.6) is 0 Å². The van der Waals surface area contributed by atoms with Crippen molar-refractivity contribution in [2.24, 2.45) is 0 Å². The summed E-state index contributed by atoms with van der Waals surface area (Å²) in [5.74, 6) is -1.99. The molecule has 2 rings (SSSR count). The number of carbonyl (C=O) groups is 2. The first kappa shape index (κ1) is 15.4. The average Bonchev–Trinajstić information content (AvgIpc) is 2.46. The Morgan fingerprint density at radius 1 is 1.14 bits per heavy atom. The molecule has 0 aliphatic rings. The molecule has 0 saturated heterocycles. The standard InChI is InChI=1S/C13H8F3N3O3/c14-13(15,16)8-3-9(6-17-5-8)19-11(20)10-2-1-7(4-18-10)12(21)22/h1-6H,(H,19,20)(H,21,22). The minimum Gasteiger partial charge on any atom is -0.478 e. The van der Waals surface area contributed by atoms with Crippen LogP contribution < -0.4 is 5.32 Å². The van der Waals surface area contributed by atoms with Gasteiger partial charge in [0.25, 0.3) is 5.91 Å². The Labute approximate surface area is 121 Å². The molecule has 2 aromatic heterocycles. The first-order valence-electron chi connectivity index (χ1n) is 5.80. The van der Waals surface area contributed by atoms with Gasteiger partial charge in [0.2, 0.25) is 0 Å². The van der Waals surface area contributed by atoms with Gasteiger partial charge in [-0.3, -0.25) is 14.8 Å². The molecule has 0 saturated carbocycles. The van der Waals surface area contributed by atoms with Crippen LogP contribution in [0.1, 0.15) is 26.4 Å². The number of carboxylic acids is 1. The quantitative estimate of drug-likeness (QED) is 0.908. The highest BCUT2D eigenvalue weighted by atomic mass is 19.4. The van der Waals surface area contributed by atoms with E-state index in [2.05, 4.69) is 15.3 Å². The predicted octanol–water partition coefficient (Wildman–Crippen LogP) is 2.45. The van der Waals surface area contributed by atoms with E-state index in [-0.39, 0.29) is 16.9 Å². The largest absolute Gasteiger partial charge is 0.478 e. The zero-order chi connectivity index (χ0) is 16.3. The van der Waals surface area contributed by atoms with E-state index >= 15 is 0 Å². The normalized spacial score (nSPS) is 11.0. The lowest BCUT2D eigenvalue weighted by atomic mass is 10.2. The van der Waals surface area contributed by atoms with E-state index in [1.165, 1.54) is 0 Å². The number of anilines is 1. The number of hydrogen-bond acceptors (Lipinski definition) is 4. The zero-order valence-corrected chi connectivity index (χ0v) is 10.8. The molecule has 1 amide bonds. The molecule has 2 N–H and O–H groups in total. The van der Waals surface area contributed by atoms with Crippen LogP contribution in [0, 0.1) is 0 Å². The Hall–Kier alpha value is -2.97. The number of rotatable bonds is 3. The van der Waals surface area contributed by atoms with E-state index in [1.807, 2.05) is 0 Å². The summed E-state index contributed by atoms with van der Waals surface area (Å²) in [6.45, 7) is 0. The van der Waals surface area contributed by atoms with E-state index in [9.17, 15) is 22.8 Å². The molecule has 0 fully saturated rings. The van der Waals surface area contributed by atoms with Gasteiger partial charge in [0, 0.05) is 12.4 Å². The number of hydrogen-bond donors (Lipinski definition) is 2. The van der Waals surface area contributed by atoms with Crippen LogP contribution >= 0.6 is 0 Å². The lowest BCUT2D eigenvalue weighted by Crippen LogP contribution is -2.15. The molecule has 2 heterocycles. The fourth-order valence-corrected chi connectivity index (χ4v) is 1.51. The average molecular weight is 311 g/mol. The van der Waals surface area contributed by atoms with Crippen molar-refractivity contribution in [3.05, 3.63) is 53.6 Å². The molecule has 2 aromatic rings. The molecule has 22 heavy (non-hydrogen) atoms. The van der Waals surface area contributed by atoms with Crippen LogP contribution in [-0.2, 0) is 6.18 Å². The lowest BCUT2D eigenvalue weighted by molar-refractivity contribution is -0.137. The topological polar surface area (TPSA) is 92.2 Å². The Bertz CT molecular complexity index is 714. The smallest absolute Gasteiger partial charge is 0.417 e. The molecule has 0 atom stereocenters. The highest BCUT2D eigenvalue weighted by molar-refractivity contribution is 6.03. The van der Waals surface area contributed by atoms with Gasteiger partial charge < -0.3 is 10.4 Å². The van der Waals surface area contributed by atoms with Crippen molar-refractivity contribution < 1.29 is 27.9 Å². The van der Waals surface area contributed by atoms with Crippen molar-refractivity contribution >= 4 is 17.6 Å². The number of carbonyl (C=O) groups excluding carboxylic acids is 1. The summed E-state index contributed by atoms with van der Waals surface area (Å²) >= 11 is 0. The van der Waals surface area contributed by atoms with Gasteiger partial charge in [0.05, 0.1) is 23.0 Å². The predicted molar refractivity (Wildman–Crippen MR) is 68.4 cm³/mol. The van der Waals surface area contributed by atoms with Crippen molar-refractivity contribution in [3.8, 4) is 0 Å². The van der Waals surface area contributed by atoms with Crippen LogP contribution in [0.2, 0.25) is 0 Å². The number of aromatic carboxylic acids is 1. The molecule has 9 heteroatoms. The Balaban J connectivity index is 2.17. The minimum absolute atomic E-state index is 0.114. The summed E-state index contributed by atoms with van der Waals surface area (Å²) in [5, 5.41) is 10.9. The number of aromatic nitrogens is 2. The van der Waals surface area contributed by atoms with Crippen molar-refractivity contribution in [1.29, 1.82) is 0 Å². The molecule has 0 aromatic carbocycles. The molecule has 0 spiro atoms. The summed E-state index contributed by atoms with van der Waals surface area (Å²) in [6.07, 6.45) is -1.91. The van der Waals surface area contributed by atoms with Gasteiger partial charge >= 0.3 is 12.1 Å². The molecular weight excluding hydrogens is 303 g/mol. The van der Waals surface area contributed by atoms with E-state index in [0.717, 1.165) is 30.6 Å². The molecule has 0 radical (unpaired) electrons. The second-order valence-corrected chi connectivity index (χ2v) is 4.15.